The first-order valence-corrected chi connectivity index (χ1v) is 9.90. The largest absolute Gasteiger partial charge is 0.474 e. The van der Waals surface area contributed by atoms with Crippen LogP contribution in [0.5, 0.6) is 5.88 Å². The van der Waals surface area contributed by atoms with E-state index in [1.807, 2.05) is 13.8 Å². The Bertz CT molecular complexity index is 817. The molecule has 0 aromatic carbocycles. The molecule has 0 atom stereocenters. The molecule has 3 rings (SSSR count). The van der Waals surface area contributed by atoms with Gasteiger partial charge in [-0.3, -0.25) is 24.2 Å². The molecule has 2 heterocycles. The van der Waals surface area contributed by atoms with E-state index in [0.29, 0.717) is 38.0 Å². The molecule has 0 radical (unpaired) electrons. The number of primary amides is 1. The molecular weight excluding hydrogens is 376 g/mol. The molecule has 1 saturated carbocycles. The molecule has 5 amide bonds. The monoisotopic (exact) mass is 402 g/mol. The number of imide groups is 2. The van der Waals surface area contributed by atoms with E-state index in [0.717, 1.165) is 9.80 Å². The highest BCUT2D eigenvalue weighted by Gasteiger charge is 2.48. The zero-order valence-electron chi connectivity index (χ0n) is 16.7. The van der Waals surface area contributed by atoms with Crippen molar-refractivity contribution in [3.63, 3.8) is 0 Å². The standard InChI is InChI=1S/C20H26N4O5/c1-12(2)9-11-23-18(26)19(27)24(20(23)28)13-5-7-14(8-6-13)29-17-15(16(21)25)4-3-10-22-17/h3-4,10,12-14H,5-9,11H2,1-2H3,(H2,21,25). The maximum absolute atomic E-state index is 12.6. The van der Waals surface area contributed by atoms with E-state index in [4.69, 9.17) is 10.5 Å². The molecular formula is C20H26N4O5. The number of ether oxygens (including phenoxy) is 1. The molecule has 1 aliphatic heterocycles. The summed E-state index contributed by atoms with van der Waals surface area (Å²) in [7, 11) is 0. The van der Waals surface area contributed by atoms with Crippen LogP contribution in [-0.4, -0.2) is 57.2 Å². The number of hydrogen-bond acceptors (Lipinski definition) is 6. The highest BCUT2D eigenvalue weighted by Crippen LogP contribution is 2.30. The SMILES string of the molecule is CC(C)CCN1C(=O)C(=O)N(C2CCC(Oc3ncccc3C(N)=O)CC2)C1=O. The third-order valence-corrected chi connectivity index (χ3v) is 5.34. The van der Waals surface area contributed by atoms with Gasteiger partial charge < -0.3 is 10.5 Å². The fourth-order valence-corrected chi connectivity index (χ4v) is 3.68. The third-order valence-electron chi connectivity index (χ3n) is 5.34. The summed E-state index contributed by atoms with van der Waals surface area (Å²) in [6.45, 7) is 4.25. The molecule has 0 bridgehead atoms. The van der Waals surface area contributed by atoms with Crippen LogP contribution < -0.4 is 10.5 Å². The molecule has 0 spiro atoms. The molecule has 9 heteroatoms. The van der Waals surface area contributed by atoms with E-state index >= 15 is 0 Å². The number of aromatic nitrogens is 1. The Morgan fingerprint density at radius 1 is 1.21 bits per heavy atom. The van der Waals surface area contributed by atoms with Crippen LogP contribution in [0.3, 0.4) is 0 Å². The number of nitrogens with zero attached hydrogens (tertiary/aromatic N) is 3. The summed E-state index contributed by atoms with van der Waals surface area (Å²) < 4.78 is 5.84. The van der Waals surface area contributed by atoms with Gasteiger partial charge in [-0.1, -0.05) is 13.8 Å². The summed E-state index contributed by atoms with van der Waals surface area (Å²) in [4.78, 5) is 55.0. The van der Waals surface area contributed by atoms with Crippen molar-refractivity contribution in [3.05, 3.63) is 23.9 Å². The minimum atomic E-state index is -0.746. The van der Waals surface area contributed by atoms with Crippen molar-refractivity contribution in [3.8, 4) is 5.88 Å². The van der Waals surface area contributed by atoms with Crippen molar-refractivity contribution in [1.29, 1.82) is 0 Å². The highest BCUT2D eigenvalue weighted by atomic mass is 16.5. The van der Waals surface area contributed by atoms with E-state index in [1.165, 1.54) is 6.20 Å². The quantitative estimate of drug-likeness (QED) is 0.547. The topological polar surface area (TPSA) is 123 Å². The number of carbonyl (C=O) groups excluding carboxylic acids is 4. The summed E-state index contributed by atoms with van der Waals surface area (Å²) in [6, 6.07) is 2.30. The molecule has 9 nitrogen and oxygen atoms in total. The van der Waals surface area contributed by atoms with Crippen LogP contribution in [0, 0.1) is 5.92 Å². The lowest BCUT2D eigenvalue weighted by Gasteiger charge is -2.32. The number of hydrogen-bond donors (Lipinski definition) is 1. The maximum atomic E-state index is 12.6. The van der Waals surface area contributed by atoms with Crippen LogP contribution in [0.2, 0.25) is 0 Å². The van der Waals surface area contributed by atoms with Gasteiger partial charge >= 0.3 is 17.8 Å². The number of rotatable bonds is 7. The first kappa shape index (κ1) is 20.8. The van der Waals surface area contributed by atoms with Crippen LogP contribution in [0.25, 0.3) is 0 Å². The fraction of sp³-hybridized carbons (Fsp3) is 0.550. The highest BCUT2D eigenvalue weighted by molar-refractivity contribution is 6.44. The summed E-state index contributed by atoms with van der Waals surface area (Å²) in [5.74, 6) is -1.59. The van der Waals surface area contributed by atoms with Crippen LogP contribution in [-0.2, 0) is 9.59 Å². The minimum absolute atomic E-state index is 0.187. The van der Waals surface area contributed by atoms with Gasteiger partial charge in [-0.15, -0.1) is 0 Å². The lowest BCUT2D eigenvalue weighted by atomic mass is 9.92. The van der Waals surface area contributed by atoms with Crippen molar-refractivity contribution < 1.29 is 23.9 Å². The van der Waals surface area contributed by atoms with Gasteiger partial charge in [0.1, 0.15) is 11.7 Å². The van der Waals surface area contributed by atoms with E-state index in [-0.39, 0.29) is 30.1 Å². The number of pyridine rings is 1. The van der Waals surface area contributed by atoms with Gasteiger partial charge in [0.05, 0.1) is 0 Å². The Kier molecular flexibility index (Phi) is 6.14. The van der Waals surface area contributed by atoms with Crippen LogP contribution in [0.4, 0.5) is 4.79 Å². The molecule has 2 fully saturated rings. The summed E-state index contributed by atoms with van der Waals surface area (Å²) in [6.07, 6.45) is 4.14. The van der Waals surface area contributed by atoms with Crippen LogP contribution in [0.15, 0.2) is 18.3 Å². The number of nitrogens with two attached hydrogens (primary N) is 1. The van der Waals surface area contributed by atoms with Gasteiger partial charge in [-0.25, -0.2) is 9.78 Å². The van der Waals surface area contributed by atoms with E-state index in [1.54, 1.807) is 12.1 Å². The second-order valence-corrected chi connectivity index (χ2v) is 7.87. The van der Waals surface area contributed by atoms with Crippen molar-refractivity contribution >= 4 is 23.8 Å². The average Bonchev–Trinajstić information content (AvgIpc) is 2.90. The van der Waals surface area contributed by atoms with Crippen LogP contribution in [0.1, 0.15) is 56.3 Å². The normalized spacial score (nSPS) is 22.5. The molecule has 29 heavy (non-hydrogen) atoms. The lowest BCUT2D eigenvalue weighted by Crippen LogP contribution is -2.44. The first-order valence-electron chi connectivity index (χ1n) is 9.90. The number of urea groups is 1. The van der Waals surface area contributed by atoms with Crippen LogP contribution >= 0.6 is 0 Å². The minimum Gasteiger partial charge on any atom is -0.474 e. The molecule has 1 saturated heterocycles. The van der Waals surface area contributed by atoms with Crippen molar-refractivity contribution in [1.82, 2.24) is 14.8 Å². The molecule has 1 aromatic heterocycles. The van der Waals surface area contributed by atoms with E-state index in [9.17, 15) is 19.2 Å². The van der Waals surface area contributed by atoms with Crippen molar-refractivity contribution in [2.45, 2.75) is 58.1 Å². The smallest absolute Gasteiger partial charge is 0.334 e. The molecule has 1 aliphatic carbocycles. The summed E-state index contributed by atoms with van der Waals surface area (Å²) >= 11 is 0. The molecule has 1 aromatic rings. The van der Waals surface area contributed by atoms with E-state index in [2.05, 4.69) is 4.98 Å². The van der Waals surface area contributed by atoms with Gasteiger partial charge in [0, 0.05) is 18.8 Å². The Hall–Kier alpha value is -2.97. The number of amides is 5. The maximum Gasteiger partial charge on any atom is 0.334 e. The molecule has 2 N–H and O–H groups in total. The second-order valence-electron chi connectivity index (χ2n) is 7.87. The summed E-state index contributed by atoms with van der Waals surface area (Å²) in [5, 5.41) is 0. The second kappa shape index (κ2) is 8.59. The van der Waals surface area contributed by atoms with Crippen molar-refractivity contribution in [2.75, 3.05) is 6.54 Å². The Balaban J connectivity index is 1.61. The van der Waals surface area contributed by atoms with Gasteiger partial charge in [0.2, 0.25) is 5.88 Å². The van der Waals surface area contributed by atoms with Gasteiger partial charge in [-0.2, -0.15) is 0 Å². The lowest BCUT2D eigenvalue weighted by molar-refractivity contribution is -0.144. The Morgan fingerprint density at radius 3 is 2.52 bits per heavy atom. The zero-order valence-corrected chi connectivity index (χ0v) is 16.7. The third kappa shape index (κ3) is 4.38. The number of carbonyl (C=O) groups is 4. The Morgan fingerprint density at radius 2 is 1.90 bits per heavy atom. The predicted molar refractivity (Wildman–Crippen MR) is 103 cm³/mol. The average molecular weight is 402 g/mol. The Labute approximate surface area is 169 Å². The van der Waals surface area contributed by atoms with Gasteiger partial charge in [0.15, 0.2) is 0 Å². The van der Waals surface area contributed by atoms with E-state index < -0.39 is 23.8 Å². The van der Waals surface area contributed by atoms with Crippen molar-refractivity contribution in [2.24, 2.45) is 11.7 Å². The van der Waals surface area contributed by atoms with Gasteiger partial charge in [0.25, 0.3) is 5.91 Å². The predicted octanol–water partition coefficient (Wildman–Crippen LogP) is 1.71. The first-order chi connectivity index (χ1) is 13.8. The zero-order chi connectivity index (χ0) is 21.1. The molecule has 156 valence electrons. The summed E-state index contributed by atoms with van der Waals surface area (Å²) in [5.41, 5.74) is 5.56. The fourth-order valence-electron chi connectivity index (χ4n) is 3.68. The molecule has 0 unspecified atom stereocenters. The van der Waals surface area contributed by atoms with Gasteiger partial charge in [-0.05, 0) is 50.2 Å². The molecule has 2 aliphatic rings.